The number of aromatic amines is 1. The van der Waals surface area contributed by atoms with Crippen LogP contribution in [0.3, 0.4) is 0 Å². The minimum absolute atomic E-state index is 0.00579. The molecule has 22 heavy (non-hydrogen) atoms. The Morgan fingerprint density at radius 3 is 2.82 bits per heavy atom. The van der Waals surface area contributed by atoms with Crippen LogP contribution in [-0.2, 0) is 0 Å². The smallest absolute Gasteiger partial charge is 0.319 e. The Kier molecular flexibility index (Phi) is 5.37. The van der Waals surface area contributed by atoms with Crippen molar-refractivity contribution in [1.82, 2.24) is 20.4 Å². The molecule has 0 aliphatic heterocycles. The number of urea groups is 1. The summed E-state index contributed by atoms with van der Waals surface area (Å²) in [5.41, 5.74) is 1.65. The molecule has 0 fully saturated rings. The number of benzene rings is 1. The van der Waals surface area contributed by atoms with E-state index in [0.29, 0.717) is 12.2 Å². The second kappa shape index (κ2) is 7.46. The zero-order valence-corrected chi connectivity index (χ0v) is 13.0. The van der Waals surface area contributed by atoms with E-state index in [1.54, 1.807) is 19.5 Å². The van der Waals surface area contributed by atoms with Gasteiger partial charge in [0.1, 0.15) is 5.75 Å². The number of nitrogens with zero attached hydrogens (tertiary/aromatic N) is 2. The van der Waals surface area contributed by atoms with Crippen molar-refractivity contribution in [3.63, 3.8) is 0 Å². The summed E-state index contributed by atoms with van der Waals surface area (Å²) in [7, 11) is 5.57. The Morgan fingerprint density at radius 2 is 2.18 bits per heavy atom. The fourth-order valence-electron chi connectivity index (χ4n) is 2.20. The lowest BCUT2D eigenvalue weighted by molar-refractivity contribution is 0.242. The van der Waals surface area contributed by atoms with Gasteiger partial charge in [-0.15, -0.1) is 0 Å². The first-order valence-corrected chi connectivity index (χ1v) is 6.94. The number of hydrogen-bond donors (Lipinski definition) is 3. The summed E-state index contributed by atoms with van der Waals surface area (Å²) >= 11 is 0. The lowest BCUT2D eigenvalue weighted by Gasteiger charge is -2.26. The molecule has 118 valence electrons. The quantitative estimate of drug-likeness (QED) is 0.760. The number of aromatic nitrogens is 2. The Labute approximate surface area is 129 Å². The van der Waals surface area contributed by atoms with E-state index >= 15 is 0 Å². The standard InChI is InChI=1S/C15H21N5O2/c1-20(2)13(12-6-4-5-7-14(12)22-3)10-16-15(21)19-11-8-17-18-9-11/h4-9,13H,10H2,1-3H3,(H,17,18)(H2,16,19,21). The average Bonchev–Trinajstić information content (AvgIpc) is 3.00. The van der Waals surface area contributed by atoms with Crippen LogP contribution >= 0.6 is 0 Å². The van der Waals surface area contributed by atoms with E-state index in [9.17, 15) is 4.79 Å². The van der Waals surface area contributed by atoms with E-state index in [1.807, 2.05) is 43.3 Å². The number of amides is 2. The minimum Gasteiger partial charge on any atom is -0.496 e. The fraction of sp³-hybridized carbons (Fsp3) is 0.333. The van der Waals surface area contributed by atoms with Gasteiger partial charge in [-0.1, -0.05) is 18.2 Å². The molecule has 0 saturated heterocycles. The molecule has 0 bridgehead atoms. The van der Waals surface area contributed by atoms with Crippen molar-refractivity contribution in [2.24, 2.45) is 0 Å². The summed E-state index contributed by atoms with van der Waals surface area (Å²) in [4.78, 5) is 13.9. The van der Waals surface area contributed by atoms with E-state index in [0.717, 1.165) is 11.3 Å². The maximum atomic E-state index is 11.9. The van der Waals surface area contributed by atoms with E-state index in [4.69, 9.17) is 4.74 Å². The number of hydrogen-bond acceptors (Lipinski definition) is 4. The molecule has 1 aromatic heterocycles. The zero-order valence-electron chi connectivity index (χ0n) is 13.0. The molecule has 0 radical (unpaired) electrons. The number of nitrogens with one attached hydrogen (secondary N) is 3. The van der Waals surface area contributed by atoms with Crippen LogP contribution in [0.1, 0.15) is 11.6 Å². The first-order valence-electron chi connectivity index (χ1n) is 6.94. The van der Waals surface area contributed by atoms with E-state index in [2.05, 4.69) is 20.8 Å². The molecule has 2 aromatic rings. The average molecular weight is 303 g/mol. The third-order valence-corrected chi connectivity index (χ3v) is 3.33. The summed E-state index contributed by atoms with van der Waals surface area (Å²) in [6, 6.07) is 7.53. The number of carbonyl (C=O) groups is 1. The van der Waals surface area contributed by atoms with Crippen LogP contribution in [-0.4, -0.2) is 48.9 Å². The molecule has 1 unspecified atom stereocenters. The van der Waals surface area contributed by atoms with Gasteiger partial charge in [0, 0.05) is 18.3 Å². The zero-order chi connectivity index (χ0) is 15.9. The van der Waals surface area contributed by atoms with E-state index in [-0.39, 0.29) is 12.1 Å². The SMILES string of the molecule is COc1ccccc1C(CNC(=O)Nc1cn[nH]c1)N(C)C. The van der Waals surface area contributed by atoms with Gasteiger partial charge in [-0.3, -0.25) is 5.10 Å². The summed E-state index contributed by atoms with van der Waals surface area (Å²) in [5.74, 6) is 0.804. The van der Waals surface area contributed by atoms with Crippen LogP contribution in [0.25, 0.3) is 0 Å². The molecule has 7 heteroatoms. The van der Waals surface area contributed by atoms with Crippen LogP contribution in [0.2, 0.25) is 0 Å². The predicted molar refractivity (Wildman–Crippen MR) is 85.0 cm³/mol. The number of anilines is 1. The van der Waals surface area contributed by atoms with Crippen LogP contribution in [0, 0.1) is 0 Å². The maximum Gasteiger partial charge on any atom is 0.319 e. The molecule has 3 N–H and O–H groups in total. The van der Waals surface area contributed by atoms with E-state index < -0.39 is 0 Å². The highest BCUT2D eigenvalue weighted by molar-refractivity contribution is 5.88. The van der Waals surface area contributed by atoms with Crippen molar-refractivity contribution in [2.75, 3.05) is 33.1 Å². The first-order chi connectivity index (χ1) is 10.6. The summed E-state index contributed by atoms with van der Waals surface area (Å²) < 4.78 is 5.40. The van der Waals surface area contributed by atoms with Crippen molar-refractivity contribution in [3.8, 4) is 5.75 Å². The molecular weight excluding hydrogens is 282 g/mol. The Bertz CT molecular complexity index is 598. The number of H-pyrrole nitrogens is 1. The third kappa shape index (κ3) is 3.98. The third-order valence-electron chi connectivity index (χ3n) is 3.33. The van der Waals surface area contributed by atoms with Crippen molar-refractivity contribution in [3.05, 3.63) is 42.2 Å². The Hall–Kier alpha value is -2.54. The molecule has 1 atom stereocenters. The molecular formula is C15H21N5O2. The first kappa shape index (κ1) is 15.8. The van der Waals surface area contributed by atoms with Gasteiger partial charge in [-0.25, -0.2) is 4.79 Å². The number of para-hydroxylation sites is 1. The Morgan fingerprint density at radius 1 is 1.41 bits per heavy atom. The minimum atomic E-state index is -0.275. The van der Waals surface area contributed by atoms with Gasteiger partial charge < -0.3 is 20.3 Å². The summed E-state index contributed by atoms with van der Waals surface area (Å²) in [5, 5.41) is 12.0. The highest BCUT2D eigenvalue weighted by Gasteiger charge is 2.19. The van der Waals surface area contributed by atoms with Crippen LogP contribution < -0.4 is 15.4 Å². The predicted octanol–water partition coefficient (Wildman–Crippen LogP) is 1.84. The summed E-state index contributed by atoms with van der Waals surface area (Å²) in [6.45, 7) is 0.455. The summed E-state index contributed by atoms with van der Waals surface area (Å²) in [6.07, 6.45) is 3.16. The van der Waals surface area contributed by atoms with Crippen molar-refractivity contribution in [1.29, 1.82) is 0 Å². The molecule has 7 nitrogen and oxygen atoms in total. The molecule has 0 aliphatic carbocycles. The lowest BCUT2D eigenvalue weighted by Crippen LogP contribution is -2.37. The topological polar surface area (TPSA) is 82.3 Å². The monoisotopic (exact) mass is 303 g/mol. The lowest BCUT2D eigenvalue weighted by atomic mass is 10.0. The highest BCUT2D eigenvalue weighted by Crippen LogP contribution is 2.27. The molecule has 0 saturated carbocycles. The van der Waals surface area contributed by atoms with Gasteiger partial charge in [0.25, 0.3) is 0 Å². The highest BCUT2D eigenvalue weighted by atomic mass is 16.5. The van der Waals surface area contributed by atoms with Gasteiger partial charge in [0.15, 0.2) is 0 Å². The molecule has 1 aromatic carbocycles. The van der Waals surface area contributed by atoms with Crippen molar-refractivity contribution < 1.29 is 9.53 Å². The molecule has 0 aliphatic rings. The van der Waals surface area contributed by atoms with Gasteiger partial charge in [-0.2, -0.15) is 5.10 Å². The molecule has 2 rings (SSSR count). The largest absolute Gasteiger partial charge is 0.496 e. The number of methoxy groups -OCH3 is 1. The maximum absolute atomic E-state index is 11.9. The van der Waals surface area contributed by atoms with Crippen molar-refractivity contribution >= 4 is 11.7 Å². The van der Waals surface area contributed by atoms with Crippen molar-refractivity contribution in [2.45, 2.75) is 6.04 Å². The number of rotatable bonds is 6. The van der Waals surface area contributed by atoms with Crippen LogP contribution in [0.4, 0.5) is 10.5 Å². The number of carbonyl (C=O) groups excluding carboxylic acids is 1. The second-order valence-electron chi connectivity index (χ2n) is 5.04. The number of ether oxygens (including phenoxy) is 1. The molecule has 0 spiro atoms. The van der Waals surface area contributed by atoms with E-state index in [1.165, 1.54) is 0 Å². The second-order valence-corrected chi connectivity index (χ2v) is 5.04. The van der Waals surface area contributed by atoms with Gasteiger partial charge >= 0.3 is 6.03 Å². The van der Waals surface area contributed by atoms with Crippen LogP contribution in [0.5, 0.6) is 5.75 Å². The number of likely N-dealkylation sites (N-methyl/N-ethyl adjacent to an activating group) is 1. The molecule has 2 amide bonds. The van der Waals surface area contributed by atoms with Gasteiger partial charge in [0.05, 0.1) is 25.0 Å². The van der Waals surface area contributed by atoms with Gasteiger partial charge in [0.2, 0.25) is 0 Å². The molecule has 1 heterocycles. The van der Waals surface area contributed by atoms with Crippen LogP contribution in [0.15, 0.2) is 36.7 Å². The normalized spacial score (nSPS) is 12.0. The van der Waals surface area contributed by atoms with Gasteiger partial charge in [-0.05, 0) is 20.2 Å². The fourth-order valence-corrected chi connectivity index (χ4v) is 2.20. The Balaban J connectivity index is 2.01.